The molecule has 3 rings (SSSR count). The molecule has 2 N–H and O–H groups in total. The molecule has 0 aliphatic carbocycles. The highest BCUT2D eigenvalue weighted by Crippen LogP contribution is 2.26. The summed E-state index contributed by atoms with van der Waals surface area (Å²) in [4.78, 5) is 23.0. The summed E-state index contributed by atoms with van der Waals surface area (Å²) in [5.41, 5.74) is 1.77. The van der Waals surface area contributed by atoms with Gasteiger partial charge >= 0.3 is 0 Å². The van der Waals surface area contributed by atoms with Gasteiger partial charge in [0.25, 0.3) is 11.1 Å². The second-order valence-electron chi connectivity index (χ2n) is 5.27. The Kier molecular flexibility index (Phi) is 5.60. The normalized spacial score (nSPS) is 16.0. The smallest absolute Gasteiger partial charge is 0.290 e. The van der Waals surface area contributed by atoms with Crippen LogP contribution in [0.1, 0.15) is 11.1 Å². The van der Waals surface area contributed by atoms with Crippen LogP contribution in [0.25, 0.3) is 6.08 Å². The van der Waals surface area contributed by atoms with Crippen molar-refractivity contribution < 1.29 is 19.5 Å². The third-order valence-corrected chi connectivity index (χ3v) is 4.52. The summed E-state index contributed by atoms with van der Waals surface area (Å²) in [7, 11) is 0. The Balaban J connectivity index is 1.65. The van der Waals surface area contributed by atoms with Crippen LogP contribution in [0.3, 0.4) is 0 Å². The third kappa shape index (κ3) is 4.44. The summed E-state index contributed by atoms with van der Waals surface area (Å²) in [5, 5.41) is 14.8. The molecule has 8 heteroatoms. The van der Waals surface area contributed by atoms with Gasteiger partial charge in [-0.3, -0.25) is 14.9 Å². The lowest BCUT2D eigenvalue weighted by Crippen LogP contribution is -2.17. The van der Waals surface area contributed by atoms with Crippen LogP contribution < -0.4 is 10.1 Å². The van der Waals surface area contributed by atoms with Gasteiger partial charge in [0.2, 0.25) is 0 Å². The number of imide groups is 1. The van der Waals surface area contributed by atoms with E-state index in [-0.39, 0.29) is 11.8 Å². The van der Waals surface area contributed by atoms with E-state index in [1.807, 2.05) is 0 Å². The predicted molar refractivity (Wildman–Crippen MR) is 101 cm³/mol. The zero-order valence-corrected chi connectivity index (χ0v) is 14.9. The van der Waals surface area contributed by atoms with Crippen LogP contribution in [0.15, 0.2) is 58.6 Å². The number of benzene rings is 2. The number of nitrogens with one attached hydrogen (secondary N) is 1. The van der Waals surface area contributed by atoms with Crippen molar-refractivity contribution in [3.8, 4) is 5.75 Å². The highest BCUT2D eigenvalue weighted by molar-refractivity contribution is 8.18. The first-order valence-corrected chi connectivity index (χ1v) is 8.69. The number of halogens is 1. The number of amides is 2. The van der Waals surface area contributed by atoms with E-state index in [9.17, 15) is 14.8 Å². The second-order valence-corrected chi connectivity index (χ2v) is 6.72. The Morgan fingerprint density at radius 3 is 2.62 bits per heavy atom. The first-order chi connectivity index (χ1) is 12.5. The van der Waals surface area contributed by atoms with E-state index in [2.05, 4.69) is 10.5 Å². The number of hydrogen-bond acceptors (Lipinski definition) is 6. The van der Waals surface area contributed by atoms with Crippen molar-refractivity contribution in [1.82, 2.24) is 5.32 Å². The van der Waals surface area contributed by atoms with Gasteiger partial charge in [0.1, 0.15) is 18.1 Å². The second kappa shape index (κ2) is 8.07. The zero-order valence-electron chi connectivity index (χ0n) is 13.3. The number of oxime groups is 1. The van der Waals surface area contributed by atoms with E-state index in [4.69, 9.17) is 16.3 Å². The molecule has 2 aromatic rings. The van der Waals surface area contributed by atoms with Crippen molar-refractivity contribution in [1.29, 1.82) is 0 Å². The van der Waals surface area contributed by atoms with Crippen LogP contribution >= 0.6 is 23.4 Å². The van der Waals surface area contributed by atoms with Crippen LogP contribution in [-0.2, 0) is 4.79 Å². The highest BCUT2D eigenvalue weighted by Gasteiger charge is 2.24. The minimum Gasteiger partial charge on any atom is -0.487 e. The van der Waals surface area contributed by atoms with Gasteiger partial charge in [-0.2, -0.15) is 0 Å². The fourth-order valence-corrected chi connectivity index (χ4v) is 3.09. The molecule has 0 spiro atoms. The van der Waals surface area contributed by atoms with Crippen molar-refractivity contribution >= 4 is 46.3 Å². The van der Waals surface area contributed by atoms with E-state index in [1.165, 1.54) is 0 Å². The van der Waals surface area contributed by atoms with Crippen LogP contribution in [0, 0.1) is 0 Å². The molecule has 0 unspecified atom stereocenters. The van der Waals surface area contributed by atoms with Crippen LogP contribution in [0.2, 0.25) is 5.02 Å². The van der Waals surface area contributed by atoms with E-state index in [0.29, 0.717) is 27.0 Å². The van der Waals surface area contributed by atoms with E-state index < -0.39 is 5.91 Å². The van der Waals surface area contributed by atoms with Crippen LogP contribution in [0.4, 0.5) is 4.79 Å². The predicted octanol–water partition coefficient (Wildman–Crippen LogP) is 3.92. The lowest BCUT2D eigenvalue weighted by atomic mass is 10.1. The van der Waals surface area contributed by atoms with E-state index >= 15 is 0 Å². The maximum absolute atomic E-state index is 11.5. The number of nitrogens with zero attached hydrogens (tertiary/aromatic N) is 1. The topological polar surface area (TPSA) is 88.0 Å². The molecule has 1 heterocycles. The van der Waals surface area contributed by atoms with Crippen LogP contribution in [0.5, 0.6) is 5.75 Å². The molecule has 1 aliphatic heterocycles. The first kappa shape index (κ1) is 18.0. The van der Waals surface area contributed by atoms with Gasteiger partial charge in [-0.05, 0) is 47.7 Å². The Hall–Kier alpha value is -2.77. The van der Waals surface area contributed by atoms with Crippen LogP contribution in [-0.4, -0.2) is 28.7 Å². The maximum atomic E-state index is 11.5. The van der Waals surface area contributed by atoms with Gasteiger partial charge in [-0.25, -0.2) is 0 Å². The van der Waals surface area contributed by atoms with Crippen molar-refractivity contribution in [2.45, 2.75) is 0 Å². The van der Waals surface area contributed by atoms with Gasteiger partial charge in [-0.15, -0.1) is 0 Å². The molecular formula is C18H13ClN2O4S. The number of hydrogen-bond donors (Lipinski definition) is 2. The molecule has 0 atom stereocenters. The SMILES string of the molecule is O=C1NC(=O)/C(=C/c2ccc(OC/C(=N\O)c3cccc(Cl)c3)cc2)S1. The largest absolute Gasteiger partial charge is 0.487 e. The fraction of sp³-hybridized carbons (Fsp3) is 0.0556. The highest BCUT2D eigenvalue weighted by atomic mass is 35.5. The molecule has 1 fully saturated rings. The Morgan fingerprint density at radius 2 is 2.00 bits per heavy atom. The molecule has 2 aromatic carbocycles. The lowest BCUT2D eigenvalue weighted by molar-refractivity contribution is -0.115. The Morgan fingerprint density at radius 1 is 1.23 bits per heavy atom. The zero-order chi connectivity index (χ0) is 18.5. The van der Waals surface area contributed by atoms with Crippen molar-refractivity contribution in [3.05, 3.63) is 69.6 Å². The standard InChI is InChI=1S/C18H13ClN2O4S/c19-13-3-1-2-12(9-13)15(21-24)10-25-14-6-4-11(5-7-14)8-16-17(22)20-18(23)26-16/h1-9,24H,10H2,(H,20,22,23)/b16-8-,21-15+. The molecular weight excluding hydrogens is 376 g/mol. The molecule has 0 saturated carbocycles. The molecule has 0 aromatic heterocycles. The molecule has 6 nitrogen and oxygen atoms in total. The first-order valence-electron chi connectivity index (χ1n) is 7.50. The minimum absolute atomic E-state index is 0.0596. The van der Waals surface area contributed by atoms with Crippen molar-refractivity contribution in [2.75, 3.05) is 6.61 Å². The Labute approximate surface area is 158 Å². The number of rotatable bonds is 5. The Bertz CT molecular complexity index is 910. The van der Waals surface area contributed by atoms with E-state index in [1.54, 1.807) is 54.6 Å². The van der Waals surface area contributed by atoms with Gasteiger partial charge in [0, 0.05) is 10.6 Å². The number of carbonyl (C=O) groups is 2. The van der Waals surface area contributed by atoms with Gasteiger partial charge in [-0.1, -0.05) is 41.0 Å². The van der Waals surface area contributed by atoms with Crippen molar-refractivity contribution in [3.63, 3.8) is 0 Å². The molecule has 0 radical (unpaired) electrons. The molecule has 132 valence electrons. The molecule has 2 amide bonds. The van der Waals surface area contributed by atoms with Gasteiger partial charge in [0.15, 0.2) is 0 Å². The summed E-state index contributed by atoms with van der Waals surface area (Å²) in [6.45, 7) is 0.0596. The van der Waals surface area contributed by atoms with E-state index in [0.717, 1.165) is 17.3 Å². The number of thioether (sulfide) groups is 1. The molecule has 1 saturated heterocycles. The molecule has 0 bridgehead atoms. The maximum Gasteiger partial charge on any atom is 0.290 e. The van der Waals surface area contributed by atoms with Gasteiger partial charge in [0.05, 0.1) is 4.91 Å². The minimum atomic E-state index is -0.398. The summed E-state index contributed by atoms with van der Waals surface area (Å²) in [6, 6.07) is 13.9. The van der Waals surface area contributed by atoms with Crippen molar-refractivity contribution in [2.24, 2.45) is 5.16 Å². The molecule has 1 aliphatic rings. The summed E-state index contributed by atoms with van der Waals surface area (Å²) >= 11 is 6.80. The fourth-order valence-electron chi connectivity index (χ4n) is 2.22. The van der Waals surface area contributed by atoms with Gasteiger partial charge < -0.3 is 9.94 Å². The monoisotopic (exact) mass is 388 g/mol. The summed E-state index contributed by atoms with van der Waals surface area (Å²) < 4.78 is 5.62. The number of carbonyl (C=O) groups excluding carboxylic acids is 2. The molecule has 26 heavy (non-hydrogen) atoms. The lowest BCUT2D eigenvalue weighted by Gasteiger charge is -2.08. The average molecular weight is 389 g/mol. The summed E-state index contributed by atoms with van der Waals surface area (Å²) in [5.74, 6) is 0.167. The third-order valence-electron chi connectivity index (χ3n) is 3.47. The number of ether oxygens (including phenoxy) is 1. The quantitative estimate of drug-likeness (QED) is 0.351. The average Bonchev–Trinajstić information content (AvgIpc) is 2.94. The summed E-state index contributed by atoms with van der Waals surface area (Å²) in [6.07, 6.45) is 1.63.